The number of ketones is 1. The molecule has 1 aliphatic rings. The highest BCUT2D eigenvalue weighted by molar-refractivity contribution is 7.13. The Labute approximate surface area is 161 Å². The molecule has 1 N–H and O–H groups in total. The standard InChI is InChI=1S/C17H10ClN3O3S2/c18-11-3-1-9(2-4-11)14(22)12-13(10-5-6-25-7-10)21(16(24)15(12)23)17-20-19-8-26-17/h1-8,13,22H/b14-12+. The molecule has 0 saturated carbocycles. The van der Waals surface area contributed by atoms with E-state index in [-0.39, 0.29) is 11.3 Å². The van der Waals surface area contributed by atoms with E-state index >= 15 is 0 Å². The second-order valence-electron chi connectivity index (χ2n) is 5.45. The van der Waals surface area contributed by atoms with E-state index in [1.54, 1.807) is 24.3 Å². The number of thiophene rings is 1. The smallest absolute Gasteiger partial charge is 0.301 e. The topological polar surface area (TPSA) is 83.4 Å². The van der Waals surface area contributed by atoms with Crippen LogP contribution in [0.25, 0.3) is 5.76 Å². The maximum Gasteiger partial charge on any atom is 0.301 e. The number of amides is 1. The van der Waals surface area contributed by atoms with Gasteiger partial charge in [-0.3, -0.25) is 14.5 Å². The third-order valence-electron chi connectivity index (χ3n) is 3.98. The number of aliphatic hydroxyl groups excluding tert-OH is 1. The Hall–Kier alpha value is -2.55. The van der Waals surface area contributed by atoms with Crippen molar-refractivity contribution in [3.8, 4) is 0 Å². The summed E-state index contributed by atoms with van der Waals surface area (Å²) in [6, 6.07) is 7.46. The third-order valence-corrected chi connectivity index (χ3v) is 5.62. The largest absolute Gasteiger partial charge is 0.507 e. The van der Waals surface area contributed by atoms with E-state index in [1.807, 2.05) is 16.8 Å². The van der Waals surface area contributed by atoms with Crippen molar-refractivity contribution in [2.75, 3.05) is 4.90 Å². The van der Waals surface area contributed by atoms with Crippen molar-refractivity contribution in [1.82, 2.24) is 10.2 Å². The minimum atomic E-state index is -0.760. The monoisotopic (exact) mass is 403 g/mol. The predicted molar refractivity (Wildman–Crippen MR) is 100 cm³/mol. The second kappa shape index (κ2) is 6.64. The molecule has 0 bridgehead atoms. The van der Waals surface area contributed by atoms with Crippen molar-refractivity contribution in [1.29, 1.82) is 0 Å². The molecule has 0 spiro atoms. The summed E-state index contributed by atoms with van der Waals surface area (Å²) < 4.78 is 0. The van der Waals surface area contributed by atoms with Crippen LogP contribution in [0.15, 0.2) is 52.2 Å². The number of hydrogen-bond donors (Lipinski definition) is 1. The number of hydrogen-bond acceptors (Lipinski definition) is 7. The maximum atomic E-state index is 12.7. The summed E-state index contributed by atoms with van der Waals surface area (Å²) >= 11 is 8.48. The van der Waals surface area contributed by atoms with Crippen LogP contribution in [0, 0.1) is 0 Å². The summed E-state index contributed by atoms with van der Waals surface area (Å²) in [6.45, 7) is 0. The molecule has 3 heterocycles. The molecule has 1 aromatic carbocycles. The van der Waals surface area contributed by atoms with Crippen LogP contribution in [0.4, 0.5) is 5.13 Å². The van der Waals surface area contributed by atoms with Crippen LogP contribution in [0.5, 0.6) is 0 Å². The summed E-state index contributed by atoms with van der Waals surface area (Å²) in [5.74, 6) is -1.75. The average Bonchev–Trinajstić information content (AvgIpc) is 3.37. The fraction of sp³-hybridized carbons (Fsp3) is 0.0588. The number of nitrogens with zero attached hydrogens (tertiary/aromatic N) is 3. The Balaban J connectivity index is 1.92. The molecule has 9 heteroatoms. The second-order valence-corrected chi connectivity index (χ2v) is 7.48. The lowest BCUT2D eigenvalue weighted by molar-refractivity contribution is -0.132. The zero-order valence-corrected chi connectivity index (χ0v) is 15.4. The van der Waals surface area contributed by atoms with E-state index in [1.165, 1.54) is 21.7 Å². The number of Topliss-reactive ketones (excluding diaryl/α,β-unsaturated/α-hetero) is 1. The fourth-order valence-corrected chi connectivity index (χ4v) is 4.20. The molecule has 3 aromatic rings. The van der Waals surface area contributed by atoms with E-state index in [2.05, 4.69) is 10.2 Å². The Bertz CT molecular complexity index is 999. The van der Waals surface area contributed by atoms with Crippen LogP contribution in [-0.4, -0.2) is 27.0 Å². The van der Waals surface area contributed by atoms with Crippen LogP contribution in [0.3, 0.4) is 0 Å². The fourth-order valence-electron chi connectivity index (χ4n) is 2.81. The van der Waals surface area contributed by atoms with Crippen LogP contribution in [-0.2, 0) is 9.59 Å². The molecule has 26 heavy (non-hydrogen) atoms. The quantitative estimate of drug-likeness (QED) is 0.407. The van der Waals surface area contributed by atoms with Crippen molar-refractivity contribution in [2.24, 2.45) is 0 Å². The zero-order chi connectivity index (χ0) is 18.3. The number of aliphatic hydroxyl groups is 1. The van der Waals surface area contributed by atoms with Gasteiger partial charge in [0, 0.05) is 10.6 Å². The van der Waals surface area contributed by atoms with Crippen molar-refractivity contribution in [2.45, 2.75) is 6.04 Å². The molecule has 0 aliphatic carbocycles. The lowest BCUT2D eigenvalue weighted by Crippen LogP contribution is -2.29. The van der Waals surface area contributed by atoms with Gasteiger partial charge >= 0.3 is 5.91 Å². The molecule has 1 aliphatic heterocycles. The lowest BCUT2D eigenvalue weighted by Gasteiger charge is -2.21. The number of halogens is 1. The summed E-state index contributed by atoms with van der Waals surface area (Å²) in [7, 11) is 0. The molecule has 6 nitrogen and oxygen atoms in total. The van der Waals surface area contributed by atoms with Crippen molar-refractivity contribution in [3.63, 3.8) is 0 Å². The molecule has 2 aromatic heterocycles. The van der Waals surface area contributed by atoms with Gasteiger partial charge in [-0.2, -0.15) is 11.3 Å². The molecule has 1 atom stereocenters. The number of rotatable bonds is 3. The third kappa shape index (κ3) is 2.72. The minimum Gasteiger partial charge on any atom is -0.507 e. The first-order chi connectivity index (χ1) is 12.6. The molecule has 1 fully saturated rings. The zero-order valence-electron chi connectivity index (χ0n) is 13.0. The molecule has 1 unspecified atom stereocenters. The summed E-state index contributed by atoms with van der Waals surface area (Å²) in [5, 5.41) is 23.0. The van der Waals surface area contributed by atoms with Gasteiger partial charge in [0.15, 0.2) is 0 Å². The highest BCUT2D eigenvalue weighted by Crippen LogP contribution is 2.42. The van der Waals surface area contributed by atoms with Gasteiger partial charge in [0.2, 0.25) is 5.13 Å². The molecule has 4 rings (SSSR count). The minimum absolute atomic E-state index is 0.0194. The van der Waals surface area contributed by atoms with E-state index in [9.17, 15) is 14.7 Å². The van der Waals surface area contributed by atoms with Crippen LogP contribution in [0.1, 0.15) is 17.2 Å². The van der Waals surface area contributed by atoms with Crippen molar-refractivity contribution < 1.29 is 14.7 Å². The van der Waals surface area contributed by atoms with Gasteiger partial charge in [-0.05, 0) is 46.7 Å². The first-order valence-corrected chi connectivity index (χ1v) is 9.63. The number of anilines is 1. The number of carbonyl (C=O) groups is 2. The molecule has 1 saturated heterocycles. The number of benzene rings is 1. The Morgan fingerprint density at radius 1 is 1.19 bits per heavy atom. The van der Waals surface area contributed by atoms with Crippen molar-refractivity contribution in [3.05, 3.63) is 68.3 Å². The summed E-state index contributed by atoms with van der Waals surface area (Å²) in [5.41, 5.74) is 2.63. The highest BCUT2D eigenvalue weighted by Gasteiger charge is 2.48. The first-order valence-electron chi connectivity index (χ1n) is 7.43. The van der Waals surface area contributed by atoms with E-state index < -0.39 is 17.7 Å². The van der Waals surface area contributed by atoms with Crippen LogP contribution >= 0.6 is 34.3 Å². The molecule has 0 radical (unpaired) electrons. The van der Waals surface area contributed by atoms with Crippen LogP contribution in [0.2, 0.25) is 5.02 Å². The molecular weight excluding hydrogens is 394 g/mol. The highest BCUT2D eigenvalue weighted by atomic mass is 35.5. The molecular formula is C17H10ClN3O3S2. The van der Waals surface area contributed by atoms with Gasteiger partial charge in [-0.15, -0.1) is 10.2 Å². The first kappa shape index (κ1) is 16.9. The lowest BCUT2D eigenvalue weighted by atomic mass is 9.97. The van der Waals surface area contributed by atoms with E-state index in [0.29, 0.717) is 15.7 Å². The van der Waals surface area contributed by atoms with Gasteiger partial charge in [0.25, 0.3) is 5.78 Å². The normalized spacial score (nSPS) is 19.3. The SMILES string of the molecule is O=C1C(=O)N(c2nncs2)C(c2ccsc2)/C1=C(\O)c1ccc(Cl)cc1. The van der Waals surface area contributed by atoms with E-state index in [0.717, 1.165) is 16.9 Å². The number of carbonyl (C=O) groups excluding carboxylic acids is 2. The van der Waals surface area contributed by atoms with Gasteiger partial charge in [-0.25, -0.2) is 0 Å². The van der Waals surface area contributed by atoms with Crippen LogP contribution < -0.4 is 4.90 Å². The van der Waals surface area contributed by atoms with Gasteiger partial charge in [0.1, 0.15) is 11.3 Å². The van der Waals surface area contributed by atoms with Gasteiger partial charge in [-0.1, -0.05) is 22.9 Å². The Kier molecular flexibility index (Phi) is 4.31. The van der Waals surface area contributed by atoms with Crippen molar-refractivity contribution >= 4 is 56.9 Å². The van der Waals surface area contributed by atoms with Gasteiger partial charge < -0.3 is 5.11 Å². The summed E-state index contributed by atoms with van der Waals surface area (Å²) in [4.78, 5) is 26.7. The predicted octanol–water partition coefficient (Wildman–Crippen LogP) is 3.88. The average molecular weight is 404 g/mol. The Morgan fingerprint density at radius 3 is 2.58 bits per heavy atom. The Morgan fingerprint density at radius 2 is 1.96 bits per heavy atom. The molecule has 1 amide bonds. The maximum absolute atomic E-state index is 12.7. The summed E-state index contributed by atoms with van der Waals surface area (Å²) in [6.07, 6.45) is 0. The number of aromatic nitrogens is 2. The molecule has 130 valence electrons. The van der Waals surface area contributed by atoms with E-state index in [4.69, 9.17) is 11.6 Å². The van der Waals surface area contributed by atoms with Gasteiger partial charge in [0.05, 0.1) is 11.6 Å².